The highest BCUT2D eigenvalue weighted by Crippen LogP contribution is 2.04. The average Bonchev–Trinajstić information content (AvgIpc) is 2.54. The van der Waals surface area contributed by atoms with Crippen LogP contribution >= 0.6 is 0 Å². The van der Waals surface area contributed by atoms with Crippen molar-refractivity contribution in [3.8, 4) is 0 Å². The van der Waals surface area contributed by atoms with E-state index >= 15 is 0 Å². The van der Waals surface area contributed by atoms with Gasteiger partial charge in [0.05, 0.1) is 0 Å². The van der Waals surface area contributed by atoms with Crippen molar-refractivity contribution in [3.63, 3.8) is 0 Å². The molecule has 2 heterocycles. The monoisotopic (exact) mass is 195 g/mol. The van der Waals surface area contributed by atoms with Crippen LogP contribution in [0.15, 0.2) is 12.1 Å². The first-order chi connectivity index (χ1) is 6.79. The molecule has 0 aromatic carbocycles. The lowest BCUT2D eigenvalue weighted by Gasteiger charge is -2.00. The maximum absolute atomic E-state index is 11.9. The molecule has 2 rings (SSSR count). The highest BCUT2D eigenvalue weighted by Gasteiger charge is 2.00. The van der Waals surface area contributed by atoms with Crippen LogP contribution in [-0.4, -0.2) is 33.0 Å². The SMILES string of the molecule is Cc1nc2ccc(NCCF)nn2n1. The zero-order valence-electron chi connectivity index (χ0n) is 7.74. The summed E-state index contributed by atoms with van der Waals surface area (Å²) >= 11 is 0. The van der Waals surface area contributed by atoms with E-state index in [4.69, 9.17) is 0 Å². The summed E-state index contributed by atoms with van der Waals surface area (Å²) in [5, 5.41) is 11.0. The van der Waals surface area contributed by atoms with E-state index in [2.05, 4.69) is 20.5 Å². The quantitative estimate of drug-likeness (QED) is 0.787. The number of hydrogen-bond acceptors (Lipinski definition) is 4. The number of halogens is 1. The molecular weight excluding hydrogens is 185 g/mol. The van der Waals surface area contributed by atoms with Gasteiger partial charge in [0.15, 0.2) is 5.65 Å². The summed E-state index contributed by atoms with van der Waals surface area (Å²) in [5.41, 5.74) is 0.688. The number of nitrogens with zero attached hydrogens (tertiary/aromatic N) is 4. The van der Waals surface area contributed by atoms with Crippen molar-refractivity contribution in [3.05, 3.63) is 18.0 Å². The van der Waals surface area contributed by atoms with Crippen LogP contribution < -0.4 is 5.32 Å². The Morgan fingerprint density at radius 1 is 1.43 bits per heavy atom. The molecule has 0 spiro atoms. The molecule has 0 atom stereocenters. The summed E-state index contributed by atoms with van der Waals surface area (Å²) in [6.07, 6.45) is 0. The fourth-order valence-corrected chi connectivity index (χ4v) is 1.16. The number of fused-ring (bicyclic) bond motifs is 1. The first-order valence-electron chi connectivity index (χ1n) is 4.30. The normalized spacial score (nSPS) is 10.7. The van der Waals surface area contributed by atoms with E-state index in [1.807, 2.05) is 0 Å². The van der Waals surface area contributed by atoms with Crippen molar-refractivity contribution in [2.75, 3.05) is 18.5 Å². The van der Waals surface area contributed by atoms with Crippen molar-refractivity contribution >= 4 is 11.5 Å². The summed E-state index contributed by atoms with van der Waals surface area (Å²) in [7, 11) is 0. The van der Waals surface area contributed by atoms with Crippen LogP contribution in [0.25, 0.3) is 5.65 Å². The molecule has 0 unspecified atom stereocenters. The van der Waals surface area contributed by atoms with E-state index in [1.165, 1.54) is 4.63 Å². The molecule has 0 amide bonds. The summed E-state index contributed by atoms with van der Waals surface area (Å²) in [6.45, 7) is 1.63. The van der Waals surface area contributed by atoms with Gasteiger partial charge in [-0.1, -0.05) is 0 Å². The second-order valence-corrected chi connectivity index (χ2v) is 2.84. The van der Waals surface area contributed by atoms with Gasteiger partial charge in [-0.25, -0.2) is 9.37 Å². The van der Waals surface area contributed by atoms with Gasteiger partial charge in [0, 0.05) is 6.54 Å². The summed E-state index contributed by atoms with van der Waals surface area (Å²) < 4.78 is 13.3. The second kappa shape index (κ2) is 3.57. The van der Waals surface area contributed by atoms with Crippen molar-refractivity contribution in [1.29, 1.82) is 0 Å². The molecule has 0 aliphatic carbocycles. The van der Waals surface area contributed by atoms with E-state index < -0.39 is 6.67 Å². The van der Waals surface area contributed by atoms with E-state index in [0.29, 0.717) is 17.3 Å². The highest BCUT2D eigenvalue weighted by atomic mass is 19.1. The minimum absolute atomic E-state index is 0.256. The zero-order valence-corrected chi connectivity index (χ0v) is 7.74. The van der Waals surface area contributed by atoms with Gasteiger partial charge >= 0.3 is 0 Å². The van der Waals surface area contributed by atoms with Crippen LogP contribution in [0, 0.1) is 6.92 Å². The molecule has 5 nitrogen and oxygen atoms in total. The van der Waals surface area contributed by atoms with Crippen molar-refractivity contribution in [2.45, 2.75) is 6.92 Å². The number of aryl methyl sites for hydroxylation is 1. The van der Waals surface area contributed by atoms with Gasteiger partial charge in [-0.2, -0.15) is 0 Å². The average molecular weight is 195 g/mol. The molecule has 0 radical (unpaired) electrons. The molecule has 6 heteroatoms. The third-order valence-electron chi connectivity index (χ3n) is 1.71. The van der Waals surface area contributed by atoms with E-state index in [9.17, 15) is 4.39 Å². The minimum atomic E-state index is -0.421. The first kappa shape index (κ1) is 8.86. The van der Waals surface area contributed by atoms with Crippen molar-refractivity contribution < 1.29 is 4.39 Å². The molecule has 2 aromatic heterocycles. The lowest BCUT2D eigenvalue weighted by molar-refractivity contribution is 0.512. The topological polar surface area (TPSA) is 55.1 Å². The van der Waals surface area contributed by atoms with Gasteiger partial charge in [0.1, 0.15) is 18.3 Å². The third-order valence-corrected chi connectivity index (χ3v) is 1.71. The van der Waals surface area contributed by atoms with Crippen LogP contribution in [0.1, 0.15) is 5.82 Å². The molecule has 0 aliphatic rings. The van der Waals surface area contributed by atoms with Crippen LogP contribution in [0.4, 0.5) is 10.2 Å². The van der Waals surface area contributed by atoms with Gasteiger partial charge in [0.25, 0.3) is 0 Å². The number of alkyl halides is 1. The molecule has 14 heavy (non-hydrogen) atoms. The van der Waals surface area contributed by atoms with Gasteiger partial charge in [0.2, 0.25) is 0 Å². The first-order valence-corrected chi connectivity index (χ1v) is 4.30. The Balaban J connectivity index is 2.31. The van der Waals surface area contributed by atoms with E-state index in [-0.39, 0.29) is 6.54 Å². The molecule has 0 saturated carbocycles. The van der Waals surface area contributed by atoms with Gasteiger partial charge in [-0.05, 0) is 19.1 Å². The molecule has 0 bridgehead atoms. The van der Waals surface area contributed by atoms with Crippen molar-refractivity contribution in [1.82, 2.24) is 19.8 Å². The summed E-state index contributed by atoms with van der Waals surface area (Å²) in [6, 6.07) is 3.53. The standard InChI is InChI=1S/C8H10FN5/c1-6-11-8-3-2-7(10-5-4-9)13-14(8)12-6/h2-3H,4-5H2,1H3,(H,10,13). The smallest absolute Gasteiger partial charge is 0.176 e. The minimum Gasteiger partial charge on any atom is -0.366 e. The predicted molar refractivity (Wildman–Crippen MR) is 50.0 cm³/mol. The van der Waals surface area contributed by atoms with Crippen LogP contribution in [-0.2, 0) is 0 Å². The Bertz CT molecular complexity index is 438. The molecular formula is C8H10FN5. The van der Waals surface area contributed by atoms with E-state index in [0.717, 1.165) is 0 Å². The molecule has 2 aromatic rings. The van der Waals surface area contributed by atoms with Crippen molar-refractivity contribution in [2.24, 2.45) is 0 Å². The Labute approximate surface area is 80.0 Å². The number of aromatic nitrogens is 4. The lowest BCUT2D eigenvalue weighted by atomic mass is 10.5. The summed E-state index contributed by atoms with van der Waals surface area (Å²) in [4.78, 5) is 4.12. The Hall–Kier alpha value is -1.72. The Kier molecular flexibility index (Phi) is 2.26. The third kappa shape index (κ3) is 1.63. The molecule has 0 fully saturated rings. The Morgan fingerprint density at radius 3 is 3.07 bits per heavy atom. The Morgan fingerprint density at radius 2 is 2.29 bits per heavy atom. The van der Waals surface area contributed by atoms with Gasteiger partial charge < -0.3 is 5.32 Å². The fraction of sp³-hybridized carbons (Fsp3) is 0.375. The predicted octanol–water partition coefficient (Wildman–Crippen LogP) is 0.814. The summed E-state index contributed by atoms with van der Waals surface area (Å²) in [5.74, 6) is 1.26. The molecule has 0 saturated heterocycles. The number of rotatable bonds is 3. The van der Waals surface area contributed by atoms with Gasteiger partial charge in [-0.3, -0.25) is 0 Å². The van der Waals surface area contributed by atoms with E-state index in [1.54, 1.807) is 19.1 Å². The molecule has 0 aliphatic heterocycles. The lowest BCUT2D eigenvalue weighted by Crippen LogP contribution is -2.07. The number of anilines is 1. The second-order valence-electron chi connectivity index (χ2n) is 2.84. The fourth-order valence-electron chi connectivity index (χ4n) is 1.16. The number of nitrogens with one attached hydrogen (secondary N) is 1. The maximum atomic E-state index is 11.9. The highest BCUT2D eigenvalue weighted by molar-refractivity contribution is 5.43. The maximum Gasteiger partial charge on any atom is 0.176 e. The zero-order chi connectivity index (χ0) is 9.97. The van der Waals surface area contributed by atoms with Crippen LogP contribution in [0.2, 0.25) is 0 Å². The molecule has 74 valence electrons. The van der Waals surface area contributed by atoms with Crippen LogP contribution in [0.5, 0.6) is 0 Å². The molecule has 1 N–H and O–H groups in total. The van der Waals surface area contributed by atoms with Gasteiger partial charge in [-0.15, -0.1) is 14.8 Å². The van der Waals surface area contributed by atoms with Crippen LogP contribution in [0.3, 0.4) is 0 Å². The largest absolute Gasteiger partial charge is 0.366 e. The number of hydrogen-bond donors (Lipinski definition) is 1.